The SMILES string of the molecule is CCOc1cc([C@H]2C(C(N)=O)=C(C)Nc3ncnn32)ccc1OCc1ccccc1. The lowest BCUT2D eigenvalue weighted by Gasteiger charge is -2.28. The molecule has 0 radical (unpaired) electrons. The van der Waals surface area contributed by atoms with Gasteiger partial charge in [0.1, 0.15) is 19.0 Å². The second-order valence-electron chi connectivity index (χ2n) is 6.87. The molecular weight excluding hydrogens is 382 g/mol. The van der Waals surface area contributed by atoms with E-state index in [2.05, 4.69) is 15.4 Å². The Morgan fingerprint density at radius 2 is 1.97 bits per heavy atom. The topological polar surface area (TPSA) is 104 Å². The molecule has 8 heteroatoms. The molecule has 1 atom stereocenters. The second-order valence-corrected chi connectivity index (χ2v) is 6.87. The lowest BCUT2D eigenvalue weighted by Crippen LogP contribution is -2.31. The van der Waals surface area contributed by atoms with Gasteiger partial charge in [-0.15, -0.1) is 0 Å². The zero-order valence-electron chi connectivity index (χ0n) is 16.8. The van der Waals surface area contributed by atoms with Crippen LogP contribution in [-0.2, 0) is 11.4 Å². The first kappa shape index (κ1) is 19.5. The molecule has 8 nitrogen and oxygen atoms in total. The number of primary amides is 1. The highest BCUT2D eigenvalue weighted by molar-refractivity contribution is 5.95. The highest BCUT2D eigenvalue weighted by Crippen LogP contribution is 2.38. The summed E-state index contributed by atoms with van der Waals surface area (Å²) in [7, 11) is 0. The zero-order chi connectivity index (χ0) is 21.1. The number of carbonyl (C=O) groups excluding carboxylic acids is 1. The Balaban J connectivity index is 1.70. The number of nitrogens with two attached hydrogens (primary N) is 1. The van der Waals surface area contributed by atoms with Gasteiger partial charge in [0.15, 0.2) is 11.5 Å². The maximum Gasteiger partial charge on any atom is 0.248 e. The van der Waals surface area contributed by atoms with Crippen LogP contribution in [0.25, 0.3) is 0 Å². The van der Waals surface area contributed by atoms with Gasteiger partial charge in [-0.2, -0.15) is 10.1 Å². The average molecular weight is 405 g/mol. The summed E-state index contributed by atoms with van der Waals surface area (Å²) in [4.78, 5) is 16.4. The summed E-state index contributed by atoms with van der Waals surface area (Å²) in [5, 5.41) is 7.36. The van der Waals surface area contributed by atoms with Crippen LogP contribution in [-0.4, -0.2) is 27.3 Å². The van der Waals surface area contributed by atoms with E-state index in [0.29, 0.717) is 41.9 Å². The van der Waals surface area contributed by atoms with E-state index in [1.165, 1.54) is 6.33 Å². The predicted octanol–water partition coefficient (Wildman–Crippen LogP) is 3.03. The number of amides is 1. The van der Waals surface area contributed by atoms with Crippen molar-refractivity contribution < 1.29 is 14.3 Å². The Labute approximate surface area is 174 Å². The Morgan fingerprint density at radius 1 is 1.17 bits per heavy atom. The van der Waals surface area contributed by atoms with Crippen LogP contribution >= 0.6 is 0 Å². The van der Waals surface area contributed by atoms with Crippen LogP contribution in [0.5, 0.6) is 11.5 Å². The van der Waals surface area contributed by atoms with Crippen molar-refractivity contribution in [1.29, 1.82) is 0 Å². The number of ether oxygens (including phenoxy) is 2. The molecule has 1 aliphatic rings. The molecule has 1 aliphatic heterocycles. The van der Waals surface area contributed by atoms with Crippen molar-refractivity contribution >= 4 is 11.9 Å². The minimum Gasteiger partial charge on any atom is -0.490 e. The number of aromatic nitrogens is 3. The number of hydrogen-bond acceptors (Lipinski definition) is 6. The van der Waals surface area contributed by atoms with Crippen LogP contribution in [0, 0.1) is 0 Å². The molecule has 154 valence electrons. The van der Waals surface area contributed by atoms with Gasteiger partial charge >= 0.3 is 0 Å². The normalized spacial score (nSPS) is 15.3. The van der Waals surface area contributed by atoms with Crippen molar-refractivity contribution in [3.8, 4) is 11.5 Å². The minimum absolute atomic E-state index is 0.423. The van der Waals surface area contributed by atoms with Crippen molar-refractivity contribution in [1.82, 2.24) is 14.8 Å². The van der Waals surface area contributed by atoms with Crippen LogP contribution in [0.15, 0.2) is 66.1 Å². The molecule has 0 unspecified atom stereocenters. The minimum atomic E-state index is -0.520. The first-order valence-corrected chi connectivity index (χ1v) is 9.69. The predicted molar refractivity (Wildman–Crippen MR) is 112 cm³/mol. The van der Waals surface area contributed by atoms with E-state index in [1.807, 2.05) is 55.5 Å². The highest BCUT2D eigenvalue weighted by atomic mass is 16.5. The van der Waals surface area contributed by atoms with Crippen LogP contribution in [0.4, 0.5) is 5.95 Å². The van der Waals surface area contributed by atoms with E-state index >= 15 is 0 Å². The molecule has 1 amide bonds. The summed E-state index contributed by atoms with van der Waals surface area (Å²) < 4.78 is 13.5. The maximum absolute atomic E-state index is 12.2. The Hall–Kier alpha value is -3.81. The Bertz CT molecular complexity index is 1090. The fourth-order valence-electron chi connectivity index (χ4n) is 3.54. The second kappa shape index (κ2) is 8.28. The molecule has 0 spiro atoms. The number of benzene rings is 2. The van der Waals surface area contributed by atoms with Gasteiger partial charge in [0.25, 0.3) is 0 Å². The van der Waals surface area contributed by atoms with Crippen LogP contribution < -0.4 is 20.5 Å². The molecule has 0 saturated carbocycles. The fourth-order valence-corrected chi connectivity index (χ4v) is 3.54. The van der Waals surface area contributed by atoms with Gasteiger partial charge in [-0.1, -0.05) is 36.4 Å². The number of anilines is 1. The van der Waals surface area contributed by atoms with Gasteiger partial charge in [-0.05, 0) is 37.1 Å². The molecular formula is C22H23N5O3. The van der Waals surface area contributed by atoms with E-state index in [9.17, 15) is 4.79 Å². The molecule has 2 heterocycles. The van der Waals surface area contributed by atoms with Gasteiger partial charge in [-0.25, -0.2) is 4.68 Å². The Morgan fingerprint density at radius 3 is 2.70 bits per heavy atom. The number of nitrogens with one attached hydrogen (secondary N) is 1. The summed E-state index contributed by atoms with van der Waals surface area (Å²) in [5.74, 6) is 1.24. The summed E-state index contributed by atoms with van der Waals surface area (Å²) >= 11 is 0. The van der Waals surface area contributed by atoms with E-state index in [4.69, 9.17) is 15.2 Å². The molecule has 3 aromatic rings. The molecule has 0 aliphatic carbocycles. The van der Waals surface area contributed by atoms with Crippen LogP contribution in [0.1, 0.15) is 31.0 Å². The van der Waals surface area contributed by atoms with Crippen molar-refractivity contribution in [3.05, 3.63) is 77.3 Å². The monoisotopic (exact) mass is 405 g/mol. The molecule has 4 rings (SSSR count). The summed E-state index contributed by atoms with van der Waals surface area (Å²) in [5.41, 5.74) is 8.63. The van der Waals surface area contributed by atoms with Crippen LogP contribution in [0.3, 0.4) is 0 Å². The summed E-state index contributed by atoms with van der Waals surface area (Å²) in [6.45, 7) is 4.61. The van der Waals surface area contributed by atoms with Crippen molar-refractivity contribution in [2.24, 2.45) is 5.73 Å². The van der Waals surface area contributed by atoms with Crippen molar-refractivity contribution in [3.63, 3.8) is 0 Å². The van der Waals surface area contributed by atoms with Gasteiger partial charge < -0.3 is 20.5 Å². The van der Waals surface area contributed by atoms with E-state index in [0.717, 1.165) is 11.1 Å². The zero-order valence-corrected chi connectivity index (χ0v) is 16.8. The lowest BCUT2D eigenvalue weighted by atomic mass is 9.95. The fraction of sp³-hybridized carbons (Fsp3) is 0.227. The third-order valence-corrected chi connectivity index (χ3v) is 4.88. The molecule has 0 bridgehead atoms. The van der Waals surface area contributed by atoms with E-state index in [-0.39, 0.29) is 0 Å². The van der Waals surface area contributed by atoms with Crippen molar-refractivity contribution in [2.45, 2.75) is 26.5 Å². The van der Waals surface area contributed by atoms with Crippen LogP contribution in [0.2, 0.25) is 0 Å². The highest BCUT2D eigenvalue weighted by Gasteiger charge is 2.32. The van der Waals surface area contributed by atoms with E-state index in [1.54, 1.807) is 11.6 Å². The number of allylic oxidation sites excluding steroid dienone is 1. The lowest BCUT2D eigenvalue weighted by molar-refractivity contribution is -0.115. The van der Waals surface area contributed by atoms with Gasteiger partial charge in [0, 0.05) is 5.70 Å². The van der Waals surface area contributed by atoms with Crippen molar-refractivity contribution in [2.75, 3.05) is 11.9 Å². The molecule has 3 N–H and O–H groups in total. The molecule has 2 aromatic carbocycles. The Kier molecular flexibility index (Phi) is 5.38. The number of carbonyl (C=O) groups is 1. The largest absolute Gasteiger partial charge is 0.490 e. The number of nitrogens with zero attached hydrogens (tertiary/aromatic N) is 3. The summed E-state index contributed by atoms with van der Waals surface area (Å²) in [6, 6.07) is 15.0. The number of rotatable bonds is 7. The van der Waals surface area contributed by atoms with Gasteiger partial charge in [-0.3, -0.25) is 4.79 Å². The molecule has 0 saturated heterocycles. The molecule has 30 heavy (non-hydrogen) atoms. The maximum atomic E-state index is 12.2. The standard InChI is InChI=1S/C22H23N5O3/c1-3-29-18-11-16(9-10-17(18)30-12-15-7-5-4-6-8-15)20-19(21(23)28)14(2)26-22-24-13-25-27(20)22/h4-11,13,20H,3,12H2,1-2H3,(H2,23,28)(H,24,25,26)/t20-/m0/s1. The van der Waals surface area contributed by atoms with Gasteiger partial charge in [0.2, 0.25) is 11.9 Å². The average Bonchev–Trinajstić information content (AvgIpc) is 3.20. The molecule has 1 aromatic heterocycles. The third-order valence-electron chi connectivity index (χ3n) is 4.88. The number of hydrogen-bond donors (Lipinski definition) is 2. The molecule has 0 fully saturated rings. The quantitative estimate of drug-likeness (QED) is 0.626. The first-order valence-electron chi connectivity index (χ1n) is 9.69. The number of fused-ring (bicyclic) bond motifs is 1. The van der Waals surface area contributed by atoms with E-state index < -0.39 is 11.9 Å². The third kappa shape index (κ3) is 3.71. The smallest absolute Gasteiger partial charge is 0.248 e. The summed E-state index contributed by atoms with van der Waals surface area (Å²) in [6.07, 6.45) is 1.44. The first-order chi connectivity index (χ1) is 14.6. The van der Waals surface area contributed by atoms with Gasteiger partial charge in [0.05, 0.1) is 12.2 Å².